The predicted octanol–water partition coefficient (Wildman–Crippen LogP) is 1.59. The topological polar surface area (TPSA) is 27.1 Å². The van der Waals surface area contributed by atoms with Gasteiger partial charge in [0.25, 0.3) is 0 Å². The van der Waals surface area contributed by atoms with E-state index in [1.807, 2.05) is 7.05 Å². The quantitative estimate of drug-likeness (QED) is 0.528. The van der Waals surface area contributed by atoms with Crippen molar-refractivity contribution < 1.29 is 4.74 Å². The van der Waals surface area contributed by atoms with E-state index in [9.17, 15) is 0 Å². The fraction of sp³-hybridized carbons (Fsp3) is 0.375. The summed E-state index contributed by atoms with van der Waals surface area (Å²) < 4.78 is 6.99. The summed E-state index contributed by atoms with van der Waals surface area (Å²) >= 11 is 5.52. The van der Waals surface area contributed by atoms with Gasteiger partial charge in [0.1, 0.15) is 6.61 Å². The molecule has 0 atom stereocenters. The van der Waals surface area contributed by atoms with Crippen LogP contribution >= 0.6 is 11.6 Å². The molecule has 0 saturated carbocycles. The van der Waals surface area contributed by atoms with Gasteiger partial charge < -0.3 is 4.74 Å². The number of hydrogen-bond donors (Lipinski definition) is 0. The van der Waals surface area contributed by atoms with Crippen molar-refractivity contribution in [1.29, 1.82) is 0 Å². The van der Waals surface area contributed by atoms with Crippen LogP contribution in [0.5, 0.6) is 5.75 Å². The largest absolute Gasteiger partial charge is 0.486 e. The van der Waals surface area contributed by atoms with Crippen LogP contribution in [0.15, 0.2) is 24.5 Å². The highest BCUT2D eigenvalue weighted by Gasteiger charge is 1.97. The average Bonchev–Trinajstić information content (AvgIpc) is 2.47. The van der Waals surface area contributed by atoms with Crippen molar-refractivity contribution in [2.75, 3.05) is 12.5 Å². The van der Waals surface area contributed by atoms with Crippen molar-refractivity contribution in [3.63, 3.8) is 0 Å². The number of aryl methyl sites for hydroxylation is 1. The summed E-state index contributed by atoms with van der Waals surface area (Å²) in [5, 5.41) is 3.95. The van der Waals surface area contributed by atoms with Gasteiger partial charge in [0.15, 0.2) is 5.75 Å². The van der Waals surface area contributed by atoms with Gasteiger partial charge in [-0.25, -0.2) is 0 Å². The molecule has 1 aromatic heterocycles. The van der Waals surface area contributed by atoms with E-state index in [0.29, 0.717) is 12.5 Å². The Morgan fingerprint density at radius 2 is 2.58 bits per heavy atom. The summed E-state index contributed by atoms with van der Waals surface area (Å²) in [6.45, 7) is 4.16. The maximum Gasteiger partial charge on any atom is 0.157 e. The highest BCUT2D eigenvalue weighted by molar-refractivity contribution is 6.19. The van der Waals surface area contributed by atoms with Crippen LogP contribution in [0.2, 0.25) is 0 Å². The molecule has 0 spiro atoms. The molecular weight excluding hydrogens is 176 g/mol. The summed E-state index contributed by atoms with van der Waals surface area (Å²) in [6, 6.07) is 0. The van der Waals surface area contributed by atoms with Gasteiger partial charge in [-0.3, -0.25) is 4.68 Å². The van der Waals surface area contributed by atoms with Crippen molar-refractivity contribution in [3.8, 4) is 5.75 Å². The highest BCUT2D eigenvalue weighted by atomic mass is 35.5. The lowest BCUT2D eigenvalue weighted by Crippen LogP contribution is -2.00. The van der Waals surface area contributed by atoms with Crippen LogP contribution in [0.25, 0.3) is 0 Å². The van der Waals surface area contributed by atoms with Crippen molar-refractivity contribution in [2.24, 2.45) is 7.05 Å². The van der Waals surface area contributed by atoms with Crippen LogP contribution < -0.4 is 4.74 Å². The Hall–Kier alpha value is -0.960. The lowest BCUT2D eigenvalue weighted by molar-refractivity contribution is 0.353. The van der Waals surface area contributed by atoms with Gasteiger partial charge in [-0.2, -0.15) is 5.10 Å². The maximum atomic E-state index is 5.52. The molecule has 1 heterocycles. The molecule has 0 N–H and O–H groups in total. The SMILES string of the molecule is C=C(CCl)COc1cnn(C)c1. The zero-order valence-electron chi connectivity index (χ0n) is 6.96. The first-order valence-corrected chi connectivity index (χ1v) is 4.10. The minimum absolute atomic E-state index is 0.431. The molecule has 0 aromatic carbocycles. The zero-order valence-corrected chi connectivity index (χ0v) is 7.71. The predicted molar refractivity (Wildman–Crippen MR) is 48.6 cm³/mol. The Balaban J connectivity index is 2.38. The number of halogens is 1. The number of ether oxygens (including phenoxy) is 1. The van der Waals surface area contributed by atoms with Crippen molar-refractivity contribution in [3.05, 3.63) is 24.5 Å². The first-order valence-electron chi connectivity index (χ1n) is 3.56. The molecule has 66 valence electrons. The molecule has 0 aliphatic rings. The molecule has 1 rings (SSSR count). The Kier molecular flexibility index (Phi) is 3.17. The highest BCUT2D eigenvalue weighted by Crippen LogP contribution is 2.08. The first kappa shape index (κ1) is 9.13. The Morgan fingerprint density at radius 3 is 3.08 bits per heavy atom. The monoisotopic (exact) mass is 186 g/mol. The smallest absolute Gasteiger partial charge is 0.157 e. The lowest BCUT2D eigenvalue weighted by atomic mass is 10.4. The molecular formula is C8H11ClN2O. The normalized spacial score (nSPS) is 9.83. The Bertz CT molecular complexity index is 270. The summed E-state index contributed by atoms with van der Waals surface area (Å²) in [6.07, 6.45) is 3.45. The van der Waals surface area contributed by atoms with E-state index in [0.717, 1.165) is 11.3 Å². The summed E-state index contributed by atoms with van der Waals surface area (Å²) in [5.74, 6) is 1.17. The van der Waals surface area contributed by atoms with E-state index in [1.165, 1.54) is 0 Å². The fourth-order valence-electron chi connectivity index (χ4n) is 0.697. The molecule has 0 saturated heterocycles. The van der Waals surface area contributed by atoms with Gasteiger partial charge in [0, 0.05) is 12.9 Å². The minimum Gasteiger partial charge on any atom is -0.486 e. The third kappa shape index (κ3) is 2.58. The number of aromatic nitrogens is 2. The van der Waals surface area contributed by atoms with Gasteiger partial charge >= 0.3 is 0 Å². The van der Waals surface area contributed by atoms with Gasteiger partial charge in [0.05, 0.1) is 12.4 Å². The summed E-state index contributed by atoms with van der Waals surface area (Å²) in [7, 11) is 1.84. The number of rotatable bonds is 4. The van der Waals surface area contributed by atoms with Crippen LogP contribution in [0.4, 0.5) is 0 Å². The second-order valence-corrected chi connectivity index (χ2v) is 2.79. The molecule has 0 fully saturated rings. The minimum atomic E-state index is 0.431. The average molecular weight is 187 g/mol. The van der Waals surface area contributed by atoms with Gasteiger partial charge in [-0.1, -0.05) is 6.58 Å². The van der Waals surface area contributed by atoms with E-state index in [4.69, 9.17) is 16.3 Å². The molecule has 12 heavy (non-hydrogen) atoms. The molecule has 1 aromatic rings. The van der Waals surface area contributed by atoms with E-state index in [-0.39, 0.29) is 0 Å². The second-order valence-electron chi connectivity index (χ2n) is 2.52. The van der Waals surface area contributed by atoms with Crippen molar-refractivity contribution >= 4 is 11.6 Å². The molecule has 0 bridgehead atoms. The molecule has 0 radical (unpaired) electrons. The standard InChI is InChI=1S/C8H11ClN2O/c1-7(3-9)6-12-8-4-10-11(2)5-8/h4-5H,1,3,6H2,2H3. The molecule has 0 aliphatic heterocycles. The van der Waals surface area contributed by atoms with Crippen LogP contribution in [-0.4, -0.2) is 22.3 Å². The Labute approximate surface area is 76.6 Å². The van der Waals surface area contributed by atoms with E-state index in [1.54, 1.807) is 17.1 Å². The summed E-state index contributed by atoms with van der Waals surface area (Å²) in [4.78, 5) is 0. The molecule has 4 heteroatoms. The lowest BCUT2D eigenvalue weighted by Gasteiger charge is -2.02. The van der Waals surface area contributed by atoms with Crippen molar-refractivity contribution in [2.45, 2.75) is 0 Å². The maximum absolute atomic E-state index is 5.52. The number of hydrogen-bond acceptors (Lipinski definition) is 2. The molecule has 0 amide bonds. The second kappa shape index (κ2) is 4.16. The van der Waals surface area contributed by atoms with Crippen LogP contribution in [0, 0.1) is 0 Å². The van der Waals surface area contributed by atoms with Crippen LogP contribution in [-0.2, 0) is 7.05 Å². The van der Waals surface area contributed by atoms with Gasteiger partial charge in [-0.15, -0.1) is 11.6 Å². The molecule has 0 aliphatic carbocycles. The zero-order chi connectivity index (χ0) is 8.97. The number of alkyl halides is 1. The van der Waals surface area contributed by atoms with E-state index < -0.39 is 0 Å². The van der Waals surface area contributed by atoms with Crippen LogP contribution in [0.1, 0.15) is 0 Å². The third-order valence-electron chi connectivity index (χ3n) is 1.31. The number of nitrogens with zero attached hydrogens (tertiary/aromatic N) is 2. The summed E-state index contributed by atoms with van der Waals surface area (Å²) in [5.41, 5.74) is 0.862. The van der Waals surface area contributed by atoms with Gasteiger partial charge in [0.2, 0.25) is 0 Å². The fourth-order valence-corrected chi connectivity index (χ4v) is 0.774. The van der Waals surface area contributed by atoms with E-state index in [2.05, 4.69) is 11.7 Å². The van der Waals surface area contributed by atoms with Gasteiger partial charge in [-0.05, 0) is 5.57 Å². The van der Waals surface area contributed by atoms with Crippen molar-refractivity contribution in [1.82, 2.24) is 9.78 Å². The van der Waals surface area contributed by atoms with E-state index >= 15 is 0 Å². The molecule has 3 nitrogen and oxygen atoms in total. The Morgan fingerprint density at radius 1 is 1.83 bits per heavy atom. The molecule has 0 unspecified atom stereocenters. The van der Waals surface area contributed by atoms with Crippen LogP contribution in [0.3, 0.4) is 0 Å². The first-order chi connectivity index (χ1) is 5.72. The third-order valence-corrected chi connectivity index (χ3v) is 1.69.